The van der Waals surface area contributed by atoms with Crippen molar-refractivity contribution in [2.75, 3.05) is 11.9 Å². The summed E-state index contributed by atoms with van der Waals surface area (Å²) in [5.41, 5.74) is 0. The molecular formula is C12H25NOS2Si. The molecule has 0 bridgehead atoms. The predicted octanol–water partition coefficient (Wildman–Crippen LogP) is 3.69. The Labute approximate surface area is 114 Å². The highest BCUT2D eigenvalue weighted by Crippen LogP contribution is 2.39. The maximum Gasteiger partial charge on any atom is 0.219 e. The first-order chi connectivity index (χ1) is 7.97. The van der Waals surface area contributed by atoms with E-state index < -0.39 is 8.07 Å². The summed E-state index contributed by atoms with van der Waals surface area (Å²) in [5, 5.41) is 3.92. The van der Waals surface area contributed by atoms with E-state index in [1.807, 2.05) is 21.6 Å². The van der Waals surface area contributed by atoms with Gasteiger partial charge in [0.25, 0.3) is 0 Å². The van der Waals surface area contributed by atoms with Crippen LogP contribution in [0, 0.1) is 0 Å². The normalized spacial score (nSPS) is 20.5. The van der Waals surface area contributed by atoms with E-state index in [1.54, 1.807) is 0 Å². The van der Waals surface area contributed by atoms with Crippen LogP contribution in [0.1, 0.15) is 32.1 Å². The Morgan fingerprint density at radius 1 is 1.35 bits per heavy atom. The van der Waals surface area contributed by atoms with E-state index in [9.17, 15) is 4.79 Å². The summed E-state index contributed by atoms with van der Waals surface area (Å²) in [6.45, 7) is 6.84. The van der Waals surface area contributed by atoms with Gasteiger partial charge < -0.3 is 5.32 Å². The Morgan fingerprint density at radius 2 is 2.12 bits per heavy atom. The molecule has 0 aliphatic carbocycles. The topological polar surface area (TPSA) is 29.1 Å². The quantitative estimate of drug-likeness (QED) is 0.440. The maximum atomic E-state index is 11.6. The van der Waals surface area contributed by atoms with Gasteiger partial charge in [0.2, 0.25) is 5.91 Å². The SMILES string of the molecule is C[Si](C)(C)CNC(=O)CCCCC1CCSS1. The van der Waals surface area contributed by atoms with E-state index >= 15 is 0 Å². The molecule has 17 heavy (non-hydrogen) atoms. The highest BCUT2D eigenvalue weighted by atomic mass is 33.1. The van der Waals surface area contributed by atoms with E-state index in [-0.39, 0.29) is 5.91 Å². The third kappa shape index (κ3) is 8.16. The van der Waals surface area contributed by atoms with Gasteiger partial charge in [-0.05, 0) is 19.3 Å². The van der Waals surface area contributed by atoms with Crippen molar-refractivity contribution in [3.63, 3.8) is 0 Å². The second-order valence-corrected chi connectivity index (χ2v) is 14.2. The lowest BCUT2D eigenvalue weighted by molar-refractivity contribution is -0.120. The van der Waals surface area contributed by atoms with Crippen molar-refractivity contribution in [3.8, 4) is 0 Å². The van der Waals surface area contributed by atoms with Crippen LogP contribution in [0.4, 0.5) is 0 Å². The lowest BCUT2D eigenvalue weighted by Crippen LogP contribution is -2.39. The van der Waals surface area contributed by atoms with Gasteiger partial charge in [-0.1, -0.05) is 47.6 Å². The summed E-state index contributed by atoms with van der Waals surface area (Å²) in [6, 6.07) is 0. The number of unbranched alkanes of at least 4 members (excludes halogenated alkanes) is 1. The van der Waals surface area contributed by atoms with Gasteiger partial charge in [-0.25, -0.2) is 0 Å². The number of carbonyl (C=O) groups is 1. The van der Waals surface area contributed by atoms with Crippen LogP contribution in [0.2, 0.25) is 19.6 Å². The predicted molar refractivity (Wildman–Crippen MR) is 83.3 cm³/mol. The largest absolute Gasteiger partial charge is 0.359 e. The van der Waals surface area contributed by atoms with Crippen LogP contribution in [0.3, 0.4) is 0 Å². The summed E-state index contributed by atoms with van der Waals surface area (Å²) < 4.78 is 0. The molecule has 0 spiro atoms. The number of hydrogen-bond donors (Lipinski definition) is 1. The summed E-state index contributed by atoms with van der Waals surface area (Å²) in [6.07, 6.45) is 6.55. The van der Waals surface area contributed by atoms with E-state index in [0.717, 1.165) is 24.3 Å². The Hall–Kier alpha value is 0.387. The van der Waals surface area contributed by atoms with Crippen LogP contribution in [0.25, 0.3) is 0 Å². The first-order valence-corrected chi connectivity index (χ1v) is 12.6. The molecule has 1 unspecified atom stereocenters. The summed E-state index contributed by atoms with van der Waals surface area (Å²) in [5.74, 6) is 1.56. The monoisotopic (exact) mass is 291 g/mol. The van der Waals surface area contributed by atoms with Gasteiger partial charge in [-0.15, -0.1) is 0 Å². The molecule has 1 aliphatic rings. The van der Waals surface area contributed by atoms with Crippen LogP contribution < -0.4 is 5.32 Å². The lowest BCUT2D eigenvalue weighted by Gasteiger charge is -2.16. The van der Waals surface area contributed by atoms with Crippen molar-refractivity contribution in [3.05, 3.63) is 0 Å². The van der Waals surface area contributed by atoms with Gasteiger partial charge in [-0.3, -0.25) is 4.79 Å². The number of carbonyl (C=O) groups excluding carboxylic acids is 1. The molecule has 1 N–H and O–H groups in total. The first kappa shape index (κ1) is 15.4. The molecular weight excluding hydrogens is 266 g/mol. The van der Waals surface area contributed by atoms with Crippen LogP contribution in [-0.4, -0.2) is 31.2 Å². The fraction of sp³-hybridized carbons (Fsp3) is 0.917. The Kier molecular flexibility index (Phi) is 7.03. The summed E-state index contributed by atoms with van der Waals surface area (Å²) in [4.78, 5) is 11.6. The minimum atomic E-state index is -1.13. The molecule has 1 amide bonds. The van der Waals surface area contributed by atoms with E-state index in [2.05, 4.69) is 25.0 Å². The standard InChI is InChI=1S/C12H25NOS2Si/c1-17(2,3)10-13-12(14)7-5-4-6-11-8-9-15-16-11/h11H,4-10H2,1-3H3,(H,13,14). The smallest absolute Gasteiger partial charge is 0.219 e. The van der Waals surface area contributed by atoms with Crippen LogP contribution in [0.5, 0.6) is 0 Å². The second kappa shape index (κ2) is 7.74. The van der Waals surface area contributed by atoms with Crippen molar-refractivity contribution in [1.82, 2.24) is 5.32 Å². The zero-order valence-corrected chi connectivity index (χ0v) is 13.9. The van der Waals surface area contributed by atoms with Crippen molar-refractivity contribution in [2.24, 2.45) is 0 Å². The minimum Gasteiger partial charge on any atom is -0.359 e. The van der Waals surface area contributed by atoms with Crippen molar-refractivity contribution < 1.29 is 4.79 Å². The fourth-order valence-corrected chi connectivity index (χ4v) is 5.43. The third-order valence-electron chi connectivity index (χ3n) is 2.72. The van der Waals surface area contributed by atoms with E-state index in [1.165, 1.54) is 25.0 Å². The van der Waals surface area contributed by atoms with Gasteiger partial charge in [-0.2, -0.15) is 0 Å². The lowest BCUT2D eigenvalue weighted by atomic mass is 10.1. The van der Waals surface area contributed by atoms with Crippen LogP contribution >= 0.6 is 21.6 Å². The van der Waals surface area contributed by atoms with E-state index in [0.29, 0.717) is 0 Å². The van der Waals surface area contributed by atoms with E-state index in [4.69, 9.17) is 0 Å². The number of amides is 1. The third-order valence-corrected chi connectivity index (χ3v) is 6.97. The van der Waals surface area contributed by atoms with Gasteiger partial charge in [0, 0.05) is 23.6 Å². The molecule has 0 saturated carbocycles. The highest BCUT2D eigenvalue weighted by molar-refractivity contribution is 8.77. The minimum absolute atomic E-state index is 0.251. The zero-order valence-electron chi connectivity index (χ0n) is 11.3. The van der Waals surface area contributed by atoms with Gasteiger partial charge in [0.05, 0.1) is 8.07 Å². The Balaban J connectivity index is 1.96. The first-order valence-electron chi connectivity index (χ1n) is 6.52. The molecule has 1 rings (SSSR count). The van der Waals surface area contributed by atoms with Crippen molar-refractivity contribution >= 4 is 35.6 Å². The molecule has 0 radical (unpaired) electrons. The molecule has 2 nitrogen and oxygen atoms in total. The molecule has 1 aliphatic heterocycles. The van der Waals surface area contributed by atoms with Crippen LogP contribution in [0.15, 0.2) is 0 Å². The molecule has 1 heterocycles. The van der Waals surface area contributed by atoms with Crippen LogP contribution in [-0.2, 0) is 4.79 Å². The Morgan fingerprint density at radius 3 is 2.71 bits per heavy atom. The molecule has 1 saturated heterocycles. The number of hydrogen-bond acceptors (Lipinski definition) is 3. The van der Waals surface area contributed by atoms with Gasteiger partial charge in [0.1, 0.15) is 0 Å². The molecule has 0 aromatic heterocycles. The second-order valence-electron chi connectivity index (χ2n) is 5.91. The zero-order chi connectivity index (χ0) is 12.7. The maximum absolute atomic E-state index is 11.6. The highest BCUT2D eigenvalue weighted by Gasteiger charge is 2.16. The average molecular weight is 292 g/mol. The molecule has 0 aromatic rings. The molecule has 100 valence electrons. The number of rotatable bonds is 7. The van der Waals surface area contributed by atoms with Gasteiger partial charge in [0.15, 0.2) is 0 Å². The van der Waals surface area contributed by atoms with Crippen molar-refractivity contribution in [2.45, 2.75) is 57.0 Å². The molecule has 0 aromatic carbocycles. The molecule has 5 heteroatoms. The van der Waals surface area contributed by atoms with Crippen molar-refractivity contribution in [1.29, 1.82) is 0 Å². The average Bonchev–Trinajstić information content (AvgIpc) is 2.73. The molecule has 1 fully saturated rings. The molecule has 1 atom stereocenters. The summed E-state index contributed by atoms with van der Waals surface area (Å²) in [7, 11) is 2.91. The fourth-order valence-electron chi connectivity index (χ4n) is 1.67. The summed E-state index contributed by atoms with van der Waals surface area (Å²) >= 11 is 0. The Bertz CT molecular complexity index is 237. The van der Waals surface area contributed by atoms with Gasteiger partial charge >= 0.3 is 0 Å². The number of nitrogens with one attached hydrogen (secondary N) is 1.